The van der Waals surface area contributed by atoms with E-state index < -0.39 is 0 Å². The van der Waals surface area contributed by atoms with Crippen molar-refractivity contribution in [3.05, 3.63) is 47.3 Å². The number of rotatable bonds is 3. The molecule has 0 amide bonds. The molecule has 2 rings (SSSR count). The van der Waals surface area contributed by atoms with Gasteiger partial charge < -0.3 is 11.1 Å². The summed E-state index contributed by atoms with van der Waals surface area (Å²) in [6.45, 7) is 8.45. The molecule has 0 saturated heterocycles. The van der Waals surface area contributed by atoms with Crippen molar-refractivity contribution in [2.24, 2.45) is 5.73 Å². The minimum absolute atomic E-state index is 0.136. The highest BCUT2D eigenvalue weighted by atomic mass is 32.1. The van der Waals surface area contributed by atoms with Crippen LogP contribution in [0.3, 0.4) is 0 Å². The Morgan fingerprint density at radius 3 is 2.29 bits per heavy atom. The van der Waals surface area contributed by atoms with Gasteiger partial charge in [-0.3, -0.25) is 0 Å². The Bertz CT molecular complexity index is 657. The topological polar surface area (TPSA) is 63.8 Å². The van der Waals surface area contributed by atoms with Crippen LogP contribution >= 0.6 is 12.2 Å². The normalized spacial score (nSPS) is 11.2. The van der Waals surface area contributed by atoms with E-state index >= 15 is 0 Å². The van der Waals surface area contributed by atoms with Crippen molar-refractivity contribution in [3.8, 4) is 0 Å². The van der Waals surface area contributed by atoms with Crippen LogP contribution in [-0.4, -0.2) is 15.0 Å². The first-order valence-electron chi connectivity index (χ1n) is 6.79. The van der Waals surface area contributed by atoms with Crippen molar-refractivity contribution in [2.75, 3.05) is 5.32 Å². The summed E-state index contributed by atoms with van der Waals surface area (Å²) >= 11 is 4.96. The molecule has 110 valence electrons. The van der Waals surface area contributed by atoms with Gasteiger partial charge >= 0.3 is 0 Å². The lowest BCUT2D eigenvalue weighted by Gasteiger charge is -2.19. The van der Waals surface area contributed by atoms with Gasteiger partial charge in [-0.25, -0.2) is 9.97 Å². The number of anilines is 2. The number of nitrogens with one attached hydrogen (secondary N) is 1. The maximum Gasteiger partial charge on any atom is 0.228 e. The summed E-state index contributed by atoms with van der Waals surface area (Å²) in [6, 6.07) is 10.0. The number of hydrogen-bond donors (Lipinski definition) is 2. The van der Waals surface area contributed by atoms with Gasteiger partial charge in [-0.15, -0.1) is 0 Å². The van der Waals surface area contributed by atoms with E-state index in [1.54, 1.807) is 6.07 Å². The van der Waals surface area contributed by atoms with Gasteiger partial charge in [-0.05, 0) is 36.1 Å². The molecule has 3 N–H and O–H groups in total. The van der Waals surface area contributed by atoms with E-state index in [1.807, 2.05) is 19.1 Å². The van der Waals surface area contributed by atoms with E-state index in [0.29, 0.717) is 11.6 Å². The standard InChI is InChI=1S/C16H20N4S/c1-10-9-13(14(17)21)20-15(18-10)19-12-7-5-11(6-8-12)16(2,3)4/h5-9H,1-4H3,(H2,17,21)(H,18,19,20). The quantitative estimate of drug-likeness (QED) is 0.850. The van der Waals surface area contributed by atoms with Crippen LogP contribution in [-0.2, 0) is 5.41 Å². The van der Waals surface area contributed by atoms with Crippen LogP contribution in [0.25, 0.3) is 0 Å². The number of benzene rings is 1. The zero-order valence-corrected chi connectivity index (χ0v) is 13.6. The number of nitrogens with two attached hydrogens (primary N) is 1. The lowest BCUT2D eigenvalue weighted by Crippen LogP contribution is -2.14. The van der Waals surface area contributed by atoms with Gasteiger partial charge in [-0.2, -0.15) is 0 Å². The van der Waals surface area contributed by atoms with Gasteiger partial charge in [0.05, 0.1) is 0 Å². The van der Waals surface area contributed by atoms with Crippen LogP contribution in [0.15, 0.2) is 30.3 Å². The van der Waals surface area contributed by atoms with Crippen molar-refractivity contribution in [1.29, 1.82) is 0 Å². The Hall–Kier alpha value is -2.01. The Morgan fingerprint density at radius 1 is 1.14 bits per heavy atom. The number of nitrogens with zero attached hydrogens (tertiary/aromatic N) is 2. The van der Waals surface area contributed by atoms with Crippen LogP contribution in [0.1, 0.15) is 37.7 Å². The Balaban J connectivity index is 2.24. The van der Waals surface area contributed by atoms with Crippen LogP contribution in [0.4, 0.5) is 11.6 Å². The summed E-state index contributed by atoms with van der Waals surface area (Å²) in [7, 11) is 0. The third-order valence-electron chi connectivity index (χ3n) is 3.11. The molecule has 1 heterocycles. The van der Waals surface area contributed by atoms with Crippen LogP contribution in [0, 0.1) is 6.92 Å². The first kappa shape index (κ1) is 15.4. The maximum atomic E-state index is 5.63. The highest BCUT2D eigenvalue weighted by Crippen LogP contribution is 2.24. The van der Waals surface area contributed by atoms with Gasteiger partial charge in [0, 0.05) is 11.4 Å². The first-order chi connectivity index (χ1) is 9.75. The molecule has 21 heavy (non-hydrogen) atoms. The monoisotopic (exact) mass is 300 g/mol. The lowest BCUT2D eigenvalue weighted by molar-refractivity contribution is 0.590. The Kier molecular flexibility index (Phi) is 4.23. The molecular weight excluding hydrogens is 280 g/mol. The smallest absolute Gasteiger partial charge is 0.228 e. The van der Waals surface area contributed by atoms with Crippen molar-refractivity contribution in [1.82, 2.24) is 9.97 Å². The van der Waals surface area contributed by atoms with Gasteiger partial charge in [0.25, 0.3) is 0 Å². The molecular formula is C16H20N4S. The van der Waals surface area contributed by atoms with E-state index in [9.17, 15) is 0 Å². The minimum Gasteiger partial charge on any atom is -0.388 e. The summed E-state index contributed by atoms with van der Waals surface area (Å²) < 4.78 is 0. The fraction of sp³-hybridized carbons (Fsp3) is 0.312. The number of hydrogen-bond acceptors (Lipinski definition) is 4. The summed E-state index contributed by atoms with van der Waals surface area (Å²) in [5, 5.41) is 3.18. The molecule has 0 atom stereocenters. The van der Waals surface area contributed by atoms with E-state index in [4.69, 9.17) is 18.0 Å². The fourth-order valence-corrected chi connectivity index (χ4v) is 2.04. The molecule has 1 aromatic carbocycles. The average molecular weight is 300 g/mol. The van der Waals surface area contributed by atoms with Crippen LogP contribution in [0.2, 0.25) is 0 Å². The zero-order valence-electron chi connectivity index (χ0n) is 12.8. The third-order valence-corrected chi connectivity index (χ3v) is 3.32. The van der Waals surface area contributed by atoms with Crippen LogP contribution < -0.4 is 11.1 Å². The highest BCUT2D eigenvalue weighted by Gasteiger charge is 2.13. The molecule has 2 aromatic rings. The molecule has 5 heteroatoms. The van der Waals surface area contributed by atoms with Crippen LogP contribution in [0.5, 0.6) is 0 Å². The molecule has 0 aliphatic rings. The van der Waals surface area contributed by atoms with Crippen molar-refractivity contribution < 1.29 is 0 Å². The van der Waals surface area contributed by atoms with E-state index in [-0.39, 0.29) is 10.4 Å². The SMILES string of the molecule is Cc1cc(C(N)=S)nc(Nc2ccc(C(C)(C)C)cc2)n1. The molecule has 0 unspecified atom stereocenters. The molecule has 0 radical (unpaired) electrons. The van der Waals surface area contributed by atoms with E-state index in [0.717, 1.165) is 11.4 Å². The second-order valence-electron chi connectivity index (χ2n) is 6.03. The number of aryl methyl sites for hydroxylation is 1. The maximum absolute atomic E-state index is 5.63. The van der Waals surface area contributed by atoms with E-state index in [1.165, 1.54) is 5.56 Å². The predicted molar refractivity (Wildman–Crippen MR) is 91.1 cm³/mol. The van der Waals surface area contributed by atoms with Gasteiger partial charge in [0.1, 0.15) is 10.7 Å². The molecule has 0 fully saturated rings. The summed E-state index contributed by atoms with van der Waals surface area (Å²) in [5.41, 5.74) is 9.37. The molecule has 1 aromatic heterocycles. The molecule has 0 aliphatic carbocycles. The summed E-state index contributed by atoms with van der Waals surface area (Å²) in [5.74, 6) is 0.501. The molecule has 0 saturated carbocycles. The summed E-state index contributed by atoms with van der Waals surface area (Å²) in [6.07, 6.45) is 0. The number of thiocarbonyl (C=S) groups is 1. The molecule has 0 aliphatic heterocycles. The van der Waals surface area contributed by atoms with Crippen molar-refractivity contribution in [3.63, 3.8) is 0 Å². The largest absolute Gasteiger partial charge is 0.388 e. The minimum atomic E-state index is 0.136. The first-order valence-corrected chi connectivity index (χ1v) is 7.19. The second-order valence-corrected chi connectivity index (χ2v) is 6.47. The molecule has 0 bridgehead atoms. The summed E-state index contributed by atoms with van der Waals surface area (Å²) in [4.78, 5) is 8.93. The Morgan fingerprint density at radius 2 is 1.76 bits per heavy atom. The second kappa shape index (κ2) is 5.77. The van der Waals surface area contributed by atoms with Crippen molar-refractivity contribution >= 4 is 28.8 Å². The van der Waals surface area contributed by atoms with Gasteiger partial charge in [0.15, 0.2) is 0 Å². The molecule has 4 nitrogen and oxygen atoms in total. The third kappa shape index (κ3) is 3.98. The van der Waals surface area contributed by atoms with Gasteiger partial charge in [0.2, 0.25) is 5.95 Å². The fourth-order valence-electron chi connectivity index (χ4n) is 1.93. The number of aromatic nitrogens is 2. The highest BCUT2D eigenvalue weighted by molar-refractivity contribution is 7.80. The van der Waals surface area contributed by atoms with Crippen molar-refractivity contribution in [2.45, 2.75) is 33.1 Å². The molecule has 0 spiro atoms. The average Bonchev–Trinajstić information content (AvgIpc) is 2.37. The Labute approximate surface area is 130 Å². The van der Waals surface area contributed by atoms with Gasteiger partial charge in [-0.1, -0.05) is 45.1 Å². The zero-order chi connectivity index (χ0) is 15.6. The lowest BCUT2D eigenvalue weighted by atomic mass is 9.87. The van der Waals surface area contributed by atoms with E-state index in [2.05, 4.69) is 48.2 Å². The predicted octanol–water partition coefficient (Wildman–Crippen LogP) is 3.46.